The summed E-state index contributed by atoms with van der Waals surface area (Å²) in [6.45, 7) is 18.4. The average Bonchev–Trinajstić information content (AvgIpc) is 3.04. The van der Waals surface area contributed by atoms with Crippen LogP contribution < -0.4 is 10.6 Å². The van der Waals surface area contributed by atoms with Gasteiger partial charge in [-0.15, -0.1) is 0 Å². The van der Waals surface area contributed by atoms with Gasteiger partial charge in [0, 0.05) is 61.8 Å². The first-order valence-electron chi connectivity index (χ1n) is 11.8. The Hall–Kier alpha value is -2.32. The average molecular weight is 479 g/mol. The number of rotatable bonds is 6. The molecule has 0 aliphatic carbocycles. The lowest BCUT2D eigenvalue weighted by Gasteiger charge is -2.37. The normalized spacial score (nSPS) is 16.0. The minimum Gasteiger partial charge on any atom is -0.347 e. The number of benzene rings is 1. The van der Waals surface area contributed by atoms with E-state index in [1.54, 1.807) is 0 Å². The van der Waals surface area contributed by atoms with Crippen LogP contribution in [-0.4, -0.2) is 48.1 Å². The van der Waals surface area contributed by atoms with Gasteiger partial charge in [0.2, 0.25) is 0 Å². The lowest BCUT2D eigenvalue weighted by atomic mass is 9.89. The van der Waals surface area contributed by atoms with Crippen molar-refractivity contribution >= 4 is 11.6 Å². The predicted molar refractivity (Wildman–Crippen MR) is 130 cm³/mol. The third kappa shape index (κ3) is 6.42. The van der Waals surface area contributed by atoms with Crippen LogP contribution in [0, 0.1) is 12.3 Å². The van der Waals surface area contributed by atoms with E-state index in [2.05, 4.69) is 54.7 Å². The van der Waals surface area contributed by atoms with Gasteiger partial charge in [-0.2, -0.15) is 13.2 Å². The second kappa shape index (κ2) is 9.74. The van der Waals surface area contributed by atoms with E-state index in [0.717, 1.165) is 62.8 Å². The lowest BCUT2D eigenvalue weighted by Crippen LogP contribution is -2.47. The molecular weight excluding hydrogens is 441 g/mol. The van der Waals surface area contributed by atoms with Crippen molar-refractivity contribution in [2.75, 3.05) is 38.0 Å². The van der Waals surface area contributed by atoms with Gasteiger partial charge in [0.05, 0.1) is 11.1 Å². The van der Waals surface area contributed by atoms with E-state index in [-0.39, 0.29) is 16.5 Å². The van der Waals surface area contributed by atoms with Crippen LogP contribution in [0.3, 0.4) is 0 Å². The number of hydrogen-bond acceptors (Lipinski definition) is 3. The third-order valence-electron chi connectivity index (χ3n) is 6.27. The van der Waals surface area contributed by atoms with Crippen LogP contribution in [0.4, 0.5) is 18.9 Å². The van der Waals surface area contributed by atoms with Gasteiger partial charge in [-0.25, -0.2) is 0 Å². The molecule has 1 aromatic carbocycles. The highest BCUT2D eigenvalue weighted by molar-refractivity contribution is 6.05. The molecule has 0 spiro atoms. The van der Waals surface area contributed by atoms with E-state index < -0.39 is 17.6 Å². The number of carbonyl (C=O) groups excluding carboxylic acids is 1. The Labute approximate surface area is 200 Å². The molecule has 0 unspecified atom stereocenters. The second-order valence-electron chi connectivity index (χ2n) is 11.1. The molecule has 3 rings (SSSR count). The number of nitrogens with zero attached hydrogens (tertiary/aromatic N) is 2. The van der Waals surface area contributed by atoms with E-state index >= 15 is 0 Å². The topological polar surface area (TPSA) is 49.3 Å². The van der Waals surface area contributed by atoms with Crippen LogP contribution in [0.25, 0.3) is 0 Å². The molecule has 2 aromatic rings. The van der Waals surface area contributed by atoms with Gasteiger partial charge in [-0.05, 0) is 36.6 Å². The van der Waals surface area contributed by atoms with Gasteiger partial charge in [-0.3, -0.25) is 4.79 Å². The third-order valence-corrected chi connectivity index (χ3v) is 6.27. The Bertz CT molecular complexity index is 1010. The maximum atomic E-state index is 13.2. The summed E-state index contributed by atoms with van der Waals surface area (Å²) in [5.41, 5.74) is 1.45. The fourth-order valence-corrected chi connectivity index (χ4v) is 4.62. The molecule has 34 heavy (non-hydrogen) atoms. The van der Waals surface area contributed by atoms with E-state index in [9.17, 15) is 18.0 Å². The van der Waals surface area contributed by atoms with Crippen LogP contribution in [-0.2, 0) is 18.1 Å². The summed E-state index contributed by atoms with van der Waals surface area (Å²) in [5.74, 6) is -0.402. The molecule has 188 valence electrons. The van der Waals surface area contributed by atoms with E-state index in [1.807, 2.05) is 13.0 Å². The monoisotopic (exact) mass is 478 g/mol. The van der Waals surface area contributed by atoms with Crippen molar-refractivity contribution in [2.45, 2.75) is 59.7 Å². The molecule has 0 radical (unpaired) electrons. The van der Waals surface area contributed by atoms with Crippen molar-refractivity contribution in [1.82, 2.24) is 14.8 Å². The predicted octanol–water partition coefficient (Wildman–Crippen LogP) is 5.30. The Kier molecular flexibility index (Phi) is 7.53. The first-order valence-corrected chi connectivity index (χ1v) is 11.8. The zero-order chi connectivity index (χ0) is 25.3. The summed E-state index contributed by atoms with van der Waals surface area (Å²) in [7, 11) is 0. The fraction of sp³-hybridized carbons (Fsp3) is 0.577. The molecule has 1 saturated heterocycles. The van der Waals surface area contributed by atoms with Crippen molar-refractivity contribution in [3.63, 3.8) is 0 Å². The number of piperazine rings is 1. The summed E-state index contributed by atoms with van der Waals surface area (Å²) < 4.78 is 41.5. The van der Waals surface area contributed by atoms with Gasteiger partial charge in [0.15, 0.2) is 0 Å². The minimum atomic E-state index is -4.46. The summed E-state index contributed by atoms with van der Waals surface area (Å²) in [4.78, 5) is 15.6. The maximum absolute atomic E-state index is 13.2. The Morgan fingerprint density at radius 3 is 2.26 bits per heavy atom. The van der Waals surface area contributed by atoms with Gasteiger partial charge in [-0.1, -0.05) is 40.7 Å². The van der Waals surface area contributed by atoms with Gasteiger partial charge in [0.1, 0.15) is 0 Å². The second-order valence-corrected chi connectivity index (χ2v) is 11.1. The number of carbonyl (C=O) groups is 1. The van der Waals surface area contributed by atoms with Crippen LogP contribution in [0.5, 0.6) is 0 Å². The number of alkyl halides is 3. The molecule has 0 atom stereocenters. The van der Waals surface area contributed by atoms with Crippen LogP contribution >= 0.6 is 0 Å². The standard InChI is InChI=1S/C26H37F3N4O/c1-18-21(23(34)31-20-9-7-8-19(14-20)26(27,28)29)15-22(24(2,3)4)33(18)17-25(5,6)16-32-12-10-30-11-13-32/h7-9,14-15,30H,10-13,16-17H2,1-6H3,(H,31,34). The fourth-order valence-electron chi connectivity index (χ4n) is 4.62. The highest BCUT2D eigenvalue weighted by atomic mass is 19.4. The minimum absolute atomic E-state index is 0.0318. The van der Waals surface area contributed by atoms with Gasteiger partial charge < -0.3 is 20.1 Å². The van der Waals surface area contributed by atoms with Crippen LogP contribution in [0.1, 0.15) is 61.9 Å². The molecule has 2 heterocycles. The Morgan fingerprint density at radius 2 is 1.68 bits per heavy atom. The molecule has 1 fully saturated rings. The molecule has 0 bridgehead atoms. The molecular formula is C26H37F3N4O. The number of hydrogen-bond donors (Lipinski definition) is 2. The maximum Gasteiger partial charge on any atom is 0.416 e. The van der Waals surface area contributed by atoms with Crippen molar-refractivity contribution in [2.24, 2.45) is 5.41 Å². The van der Waals surface area contributed by atoms with Crippen LogP contribution in [0.15, 0.2) is 30.3 Å². The number of aromatic nitrogens is 1. The molecule has 5 nitrogen and oxygen atoms in total. The van der Waals surface area contributed by atoms with E-state index in [0.29, 0.717) is 5.56 Å². The number of anilines is 1. The summed E-state index contributed by atoms with van der Waals surface area (Å²) in [6, 6.07) is 6.62. The van der Waals surface area contributed by atoms with E-state index in [4.69, 9.17) is 0 Å². The molecule has 2 N–H and O–H groups in total. The Morgan fingerprint density at radius 1 is 1.03 bits per heavy atom. The molecule has 1 amide bonds. The van der Waals surface area contributed by atoms with Gasteiger partial charge in [0.25, 0.3) is 5.91 Å². The molecule has 1 aromatic heterocycles. The van der Waals surface area contributed by atoms with Crippen molar-refractivity contribution in [3.05, 3.63) is 52.8 Å². The Balaban J connectivity index is 1.87. The largest absolute Gasteiger partial charge is 0.416 e. The number of amides is 1. The SMILES string of the molecule is Cc1c(C(=O)Nc2cccc(C(F)(F)F)c2)cc(C(C)(C)C)n1CC(C)(C)CN1CCNCC1. The highest BCUT2D eigenvalue weighted by Gasteiger charge is 2.32. The molecule has 8 heteroatoms. The zero-order valence-corrected chi connectivity index (χ0v) is 21.1. The zero-order valence-electron chi connectivity index (χ0n) is 21.1. The van der Waals surface area contributed by atoms with Crippen molar-refractivity contribution in [3.8, 4) is 0 Å². The van der Waals surface area contributed by atoms with Crippen LogP contribution in [0.2, 0.25) is 0 Å². The summed E-state index contributed by atoms with van der Waals surface area (Å²) in [5, 5.41) is 6.05. The first kappa shape index (κ1) is 26.3. The van der Waals surface area contributed by atoms with Gasteiger partial charge >= 0.3 is 6.18 Å². The van der Waals surface area contributed by atoms with Crippen molar-refractivity contribution in [1.29, 1.82) is 0 Å². The first-order chi connectivity index (χ1) is 15.7. The summed E-state index contributed by atoms with van der Waals surface area (Å²) in [6.07, 6.45) is -4.46. The quantitative estimate of drug-likeness (QED) is 0.593. The summed E-state index contributed by atoms with van der Waals surface area (Å²) >= 11 is 0. The number of halogens is 3. The van der Waals surface area contributed by atoms with Crippen molar-refractivity contribution < 1.29 is 18.0 Å². The highest BCUT2D eigenvalue weighted by Crippen LogP contribution is 2.33. The molecule has 1 aliphatic heterocycles. The molecule has 1 aliphatic rings. The van der Waals surface area contributed by atoms with E-state index in [1.165, 1.54) is 12.1 Å². The number of nitrogens with one attached hydrogen (secondary N) is 2. The smallest absolute Gasteiger partial charge is 0.347 e. The molecule has 0 saturated carbocycles. The lowest BCUT2D eigenvalue weighted by molar-refractivity contribution is -0.137.